The normalized spacial score (nSPS) is 21.0. The van der Waals surface area contributed by atoms with Crippen molar-refractivity contribution < 1.29 is 18.3 Å². The summed E-state index contributed by atoms with van der Waals surface area (Å²) in [5, 5.41) is 10.2. The number of H-pyrrole nitrogens is 1. The minimum absolute atomic E-state index is 0.0650. The maximum absolute atomic E-state index is 15.6. The average molecular weight is 473 g/mol. The summed E-state index contributed by atoms with van der Waals surface area (Å²) in [6.07, 6.45) is 6.99. The monoisotopic (exact) mass is 472 g/mol. The van der Waals surface area contributed by atoms with Crippen LogP contribution in [0.3, 0.4) is 0 Å². The maximum atomic E-state index is 15.6. The van der Waals surface area contributed by atoms with Crippen molar-refractivity contribution in [3.8, 4) is 11.3 Å². The van der Waals surface area contributed by atoms with Crippen molar-refractivity contribution in [3.63, 3.8) is 0 Å². The fourth-order valence-corrected chi connectivity index (χ4v) is 4.64. The van der Waals surface area contributed by atoms with Gasteiger partial charge in [0.25, 0.3) is 0 Å². The Morgan fingerprint density at radius 1 is 1.36 bits per heavy atom. The summed E-state index contributed by atoms with van der Waals surface area (Å²) in [6, 6.07) is 0. The highest BCUT2D eigenvalue weighted by Crippen LogP contribution is 2.48. The van der Waals surface area contributed by atoms with Gasteiger partial charge in [0.1, 0.15) is 12.0 Å². The third-order valence-electron chi connectivity index (χ3n) is 6.31. The standard InChI is InChI=1S/C22H19ClF2N6O2/c1-33-21(9-2-3-9)17-19(25)18(23)16(11-5-27-30-20(11)17)13-7-31-8-14(28-15(31)6-26-13)29-22(32)10-4-12(10)24/h5-10,12,21H,2-4H2,1H3,(H,27,30)(H,29,32)/t10-,12+,21?/m1/s1. The average Bonchev–Trinajstić information content (AvgIpc) is 3.68. The van der Waals surface area contributed by atoms with E-state index in [0.29, 0.717) is 33.4 Å². The lowest BCUT2D eigenvalue weighted by molar-refractivity contribution is -0.117. The Morgan fingerprint density at radius 2 is 2.15 bits per heavy atom. The molecule has 0 aliphatic heterocycles. The van der Waals surface area contributed by atoms with Crippen molar-refractivity contribution >= 4 is 39.9 Å². The second kappa shape index (κ2) is 7.46. The van der Waals surface area contributed by atoms with E-state index in [0.717, 1.165) is 12.8 Å². The van der Waals surface area contributed by atoms with Crippen molar-refractivity contribution in [3.05, 3.63) is 41.2 Å². The molecule has 2 aliphatic rings. The van der Waals surface area contributed by atoms with Gasteiger partial charge in [-0.1, -0.05) is 11.6 Å². The van der Waals surface area contributed by atoms with Gasteiger partial charge in [-0.15, -0.1) is 0 Å². The van der Waals surface area contributed by atoms with Crippen LogP contribution in [0.1, 0.15) is 30.9 Å². The van der Waals surface area contributed by atoms with Gasteiger partial charge in [0.2, 0.25) is 5.91 Å². The third-order valence-corrected chi connectivity index (χ3v) is 6.67. The Morgan fingerprint density at radius 3 is 2.85 bits per heavy atom. The first-order valence-electron chi connectivity index (χ1n) is 10.6. The lowest BCUT2D eigenvalue weighted by Crippen LogP contribution is -2.15. The summed E-state index contributed by atoms with van der Waals surface area (Å²) < 4.78 is 36.0. The summed E-state index contributed by atoms with van der Waals surface area (Å²) in [6.45, 7) is 0. The fraction of sp³-hybridized carbons (Fsp3) is 0.364. The molecule has 3 aromatic heterocycles. The van der Waals surface area contributed by atoms with Gasteiger partial charge in [0, 0.05) is 29.8 Å². The summed E-state index contributed by atoms with van der Waals surface area (Å²) in [5.74, 6) is -1.05. The summed E-state index contributed by atoms with van der Waals surface area (Å²) in [7, 11) is 1.56. The molecule has 0 spiro atoms. The number of carbonyl (C=O) groups is 1. The van der Waals surface area contributed by atoms with E-state index in [1.54, 1.807) is 30.1 Å². The first-order valence-corrected chi connectivity index (χ1v) is 11.0. The van der Waals surface area contributed by atoms with Crippen LogP contribution in [0.4, 0.5) is 14.6 Å². The molecule has 1 unspecified atom stereocenters. The van der Waals surface area contributed by atoms with Crippen LogP contribution < -0.4 is 5.32 Å². The van der Waals surface area contributed by atoms with Gasteiger partial charge in [-0.05, 0) is 25.2 Å². The number of rotatable bonds is 6. The summed E-state index contributed by atoms with van der Waals surface area (Å²) in [5.41, 5.74) is 2.17. The molecule has 6 rings (SSSR count). The minimum atomic E-state index is -1.09. The molecule has 33 heavy (non-hydrogen) atoms. The van der Waals surface area contributed by atoms with Crippen molar-refractivity contribution in [1.82, 2.24) is 24.6 Å². The molecule has 8 nitrogen and oxygen atoms in total. The first-order chi connectivity index (χ1) is 16.0. The Bertz CT molecular complexity index is 1420. The van der Waals surface area contributed by atoms with Crippen LogP contribution in [-0.4, -0.2) is 43.8 Å². The molecule has 3 heterocycles. The topological polar surface area (TPSA) is 97.2 Å². The van der Waals surface area contributed by atoms with Gasteiger partial charge >= 0.3 is 0 Å². The molecule has 2 fully saturated rings. The predicted molar refractivity (Wildman–Crippen MR) is 117 cm³/mol. The second-order valence-electron chi connectivity index (χ2n) is 8.58. The molecule has 2 N–H and O–H groups in total. The number of ether oxygens (including phenoxy) is 1. The number of benzene rings is 1. The zero-order chi connectivity index (χ0) is 22.9. The number of aromatic amines is 1. The Balaban J connectivity index is 1.42. The molecule has 2 aliphatic carbocycles. The van der Waals surface area contributed by atoms with Crippen LogP contribution in [-0.2, 0) is 9.53 Å². The van der Waals surface area contributed by atoms with Crippen molar-refractivity contribution in [2.24, 2.45) is 11.8 Å². The SMILES string of the molecule is COC(c1c(F)c(Cl)c(-c2cn3cc(NC(=O)[C@@H]4C[C@@H]4F)nc3cn2)c2cn[nH]c12)C1CC1. The predicted octanol–water partition coefficient (Wildman–Crippen LogP) is 4.46. The fourth-order valence-electron chi connectivity index (χ4n) is 4.34. The molecular weight excluding hydrogens is 454 g/mol. The van der Waals surface area contributed by atoms with E-state index >= 15 is 4.39 Å². The van der Waals surface area contributed by atoms with Gasteiger partial charge < -0.3 is 14.5 Å². The van der Waals surface area contributed by atoms with Crippen LogP contribution >= 0.6 is 11.6 Å². The highest BCUT2D eigenvalue weighted by atomic mass is 35.5. The zero-order valence-electron chi connectivity index (χ0n) is 17.5. The van der Waals surface area contributed by atoms with E-state index in [4.69, 9.17) is 16.3 Å². The lowest BCUT2D eigenvalue weighted by Gasteiger charge is -2.19. The van der Waals surface area contributed by atoms with Crippen molar-refractivity contribution in [2.45, 2.75) is 31.5 Å². The van der Waals surface area contributed by atoms with Crippen molar-refractivity contribution in [1.29, 1.82) is 0 Å². The number of amides is 1. The van der Waals surface area contributed by atoms with E-state index < -0.39 is 29.9 Å². The van der Waals surface area contributed by atoms with Gasteiger partial charge in [0.15, 0.2) is 11.5 Å². The number of nitrogens with one attached hydrogen (secondary N) is 2. The number of carbonyl (C=O) groups excluding carboxylic acids is 1. The summed E-state index contributed by atoms with van der Waals surface area (Å²) >= 11 is 6.55. The molecule has 0 saturated heterocycles. The van der Waals surface area contributed by atoms with Crippen LogP contribution in [0.2, 0.25) is 5.02 Å². The molecule has 170 valence electrons. The number of alkyl halides is 1. The molecule has 4 aromatic rings. The highest BCUT2D eigenvalue weighted by molar-refractivity contribution is 6.35. The van der Waals surface area contributed by atoms with Gasteiger partial charge in [-0.3, -0.25) is 14.9 Å². The molecule has 0 radical (unpaired) electrons. The maximum Gasteiger partial charge on any atom is 0.231 e. The van der Waals surface area contributed by atoms with Crippen LogP contribution in [0, 0.1) is 17.7 Å². The number of nitrogens with zero attached hydrogens (tertiary/aromatic N) is 4. The van der Waals surface area contributed by atoms with E-state index in [-0.39, 0.29) is 23.2 Å². The van der Waals surface area contributed by atoms with E-state index in [2.05, 4.69) is 25.5 Å². The molecule has 1 amide bonds. The number of anilines is 1. The smallest absolute Gasteiger partial charge is 0.231 e. The third kappa shape index (κ3) is 3.36. The second-order valence-corrected chi connectivity index (χ2v) is 8.96. The van der Waals surface area contributed by atoms with E-state index in [1.165, 1.54) is 6.20 Å². The molecular formula is C22H19ClF2N6O2. The molecule has 2 saturated carbocycles. The molecule has 1 aromatic carbocycles. The van der Waals surface area contributed by atoms with E-state index in [1.807, 2.05) is 0 Å². The van der Waals surface area contributed by atoms with E-state index in [9.17, 15) is 9.18 Å². The molecule has 0 bridgehead atoms. The number of hydrogen-bond acceptors (Lipinski definition) is 5. The largest absolute Gasteiger partial charge is 0.376 e. The number of halogens is 3. The van der Waals surface area contributed by atoms with Gasteiger partial charge in [-0.25, -0.2) is 13.8 Å². The quantitative estimate of drug-likeness (QED) is 0.432. The number of fused-ring (bicyclic) bond motifs is 2. The molecule has 11 heteroatoms. The zero-order valence-corrected chi connectivity index (χ0v) is 18.2. The molecule has 3 atom stereocenters. The van der Waals surface area contributed by atoms with Gasteiger partial charge in [-0.2, -0.15) is 5.10 Å². The van der Waals surface area contributed by atoms with Crippen molar-refractivity contribution in [2.75, 3.05) is 12.4 Å². The number of hydrogen-bond donors (Lipinski definition) is 2. The lowest BCUT2D eigenvalue weighted by atomic mass is 9.97. The van der Waals surface area contributed by atoms with Gasteiger partial charge in [0.05, 0.1) is 46.8 Å². The number of imidazole rings is 1. The summed E-state index contributed by atoms with van der Waals surface area (Å²) in [4.78, 5) is 20.7. The minimum Gasteiger partial charge on any atom is -0.376 e. The van der Waals surface area contributed by atoms with Crippen LogP contribution in [0.15, 0.2) is 24.8 Å². The highest BCUT2D eigenvalue weighted by Gasteiger charge is 2.44. The number of aromatic nitrogens is 5. The van der Waals surface area contributed by atoms with Crippen LogP contribution in [0.5, 0.6) is 0 Å². The Kier molecular flexibility index (Phi) is 4.63. The Hall–Kier alpha value is -3.11. The Labute approximate surface area is 191 Å². The number of methoxy groups -OCH3 is 1. The van der Waals surface area contributed by atoms with Crippen LogP contribution in [0.25, 0.3) is 27.8 Å². The first kappa shape index (κ1) is 20.5.